The maximum atomic E-state index is 2.39. The molecule has 0 saturated heterocycles. The van der Waals surface area contributed by atoms with Crippen molar-refractivity contribution in [3.8, 4) is 0 Å². The third kappa shape index (κ3) is 3.12. The lowest BCUT2D eigenvalue weighted by Crippen LogP contribution is -2.23. The molecule has 0 saturated carbocycles. The summed E-state index contributed by atoms with van der Waals surface area (Å²) in [6.45, 7) is 8.96. The quantitative estimate of drug-likeness (QED) is 0.641. The van der Waals surface area contributed by atoms with Crippen molar-refractivity contribution >= 4 is 0 Å². The summed E-state index contributed by atoms with van der Waals surface area (Å²) in [5.41, 5.74) is 5.64. The Kier molecular flexibility index (Phi) is 4.65. The maximum Gasteiger partial charge on any atom is 0.0174 e. The van der Waals surface area contributed by atoms with Crippen molar-refractivity contribution in [1.29, 1.82) is 0 Å². The van der Waals surface area contributed by atoms with E-state index in [0.29, 0.717) is 0 Å². The summed E-state index contributed by atoms with van der Waals surface area (Å²) < 4.78 is 0. The van der Waals surface area contributed by atoms with E-state index < -0.39 is 0 Å². The number of hydrogen-bond acceptors (Lipinski definition) is 0. The van der Waals surface area contributed by atoms with E-state index in [1.165, 1.54) is 41.5 Å². The lowest BCUT2D eigenvalue weighted by Gasteiger charge is -2.31. The summed E-state index contributed by atoms with van der Waals surface area (Å²) in [5.74, 6) is 0. The third-order valence-corrected chi connectivity index (χ3v) is 4.41. The largest absolute Gasteiger partial charge is 0.0654 e. The summed E-state index contributed by atoms with van der Waals surface area (Å²) in [5, 5.41) is 0. The van der Waals surface area contributed by atoms with Gasteiger partial charge in [-0.3, -0.25) is 0 Å². The van der Waals surface area contributed by atoms with E-state index in [1.807, 2.05) is 0 Å². The molecule has 2 rings (SSSR count). The molecule has 106 valence electrons. The van der Waals surface area contributed by atoms with Crippen LogP contribution in [-0.2, 0) is 5.41 Å². The Labute approximate surface area is 123 Å². The van der Waals surface area contributed by atoms with Crippen LogP contribution >= 0.6 is 0 Å². The molecule has 0 aliphatic rings. The molecule has 0 aromatic heterocycles. The smallest absolute Gasteiger partial charge is 0.0174 e. The Morgan fingerprint density at radius 3 is 1.50 bits per heavy atom. The molecule has 0 radical (unpaired) electrons. The minimum atomic E-state index is 0.122. The van der Waals surface area contributed by atoms with Crippen molar-refractivity contribution in [3.63, 3.8) is 0 Å². The second kappa shape index (κ2) is 6.26. The van der Waals surface area contributed by atoms with Gasteiger partial charge in [0.25, 0.3) is 0 Å². The van der Waals surface area contributed by atoms with Gasteiger partial charge < -0.3 is 0 Å². The summed E-state index contributed by atoms with van der Waals surface area (Å²) in [6, 6.07) is 18.1. The van der Waals surface area contributed by atoms with Gasteiger partial charge in [0.15, 0.2) is 0 Å². The van der Waals surface area contributed by atoms with E-state index in [0.717, 1.165) is 0 Å². The van der Waals surface area contributed by atoms with Crippen molar-refractivity contribution in [1.82, 2.24) is 0 Å². The zero-order valence-electron chi connectivity index (χ0n) is 13.2. The minimum absolute atomic E-state index is 0.122. The van der Waals surface area contributed by atoms with E-state index in [-0.39, 0.29) is 5.41 Å². The van der Waals surface area contributed by atoms with Crippen LogP contribution in [0.3, 0.4) is 0 Å². The Morgan fingerprint density at radius 1 is 0.750 bits per heavy atom. The first kappa shape index (κ1) is 14.8. The van der Waals surface area contributed by atoms with Crippen molar-refractivity contribution in [2.45, 2.75) is 52.4 Å². The van der Waals surface area contributed by atoms with Crippen molar-refractivity contribution in [2.24, 2.45) is 0 Å². The number of benzene rings is 2. The second-order valence-electron chi connectivity index (χ2n) is 6.17. The molecule has 0 N–H and O–H groups in total. The number of rotatable bonds is 5. The van der Waals surface area contributed by atoms with Crippen LogP contribution < -0.4 is 0 Å². The van der Waals surface area contributed by atoms with Crippen LogP contribution in [0.1, 0.15) is 55.4 Å². The first-order valence-electron chi connectivity index (χ1n) is 7.70. The molecule has 2 aromatic rings. The molecule has 0 aliphatic carbocycles. The van der Waals surface area contributed by atoms with Gasteiger partial charge >= 0.3 is 0 Å². The highest BCUT2D eigenvalue weighted by Gasteiger charge is 2.27. The van der Waals surface area contributed by atoms with E-state index in [9.17, 15) is 0 Å². The second-order valence-corrected chi connectivity index (χ2v) is 6.17. The van der Waals surface area contributed by atoms with Gasteiger partial charge in [0.1, 0.15) is 0 Å². The SMILES string of the molecule is CCCCC(C)(c1ccc(C)cc1)c1ccc(C)cc1. The monoisotopic (exact) mass is 266 g/mol. The minimum Gasteiger partial charge on any atom is -0.0654 e. The van der Waals surface area contributed by atoms with Crippen molar-refractivity contribution in [2.75, 3.05) is 0 Å². The molecule has 0 atom stereocenters. The predicted octanol–water partition coefficient (Wildman–Crippen LogP) is 5.80. The number of aryl methyl sites for hydroxylation is 2. The van der Waals surface area contributed by atoms with Crippen LogP contribution in [0, 0.1) is 13.8 Å². The van der Waals surface area contributed by atoms with E-state index >= 15 is 0 Å². The fourth-order valence-electron chi connectivity index (χ4n) is 2.83. The molecule has 0 heterocycles. The summed E-state index contributed by atoms with van der Waals surface area (Å²) in [7, 11) is 0. The van der Waals surface area contributed by atoms with Crippen molar-refractivity contribution in [3.05, 3.63) is 70.8 Å². The number of unbranched alkanes of at least 4 members (excludes halogenated alkanes) is 1. The highest BCUT2D eigenvalue weighted by molar-refractivity contribution is 5.40. The molecule has 0 fully saturated rings. The molecule has 2 aromatic carbocycles. The van der Waals surface area contributed by atoms with E-state index in [2.05, 4.69) is 76.2 Å². The average Bonchev–Trinajstić information content (AvgIpc) is 2.46. The van der Waals surface area contributed by atoms with Crippen LogP contribution in [0.4, 0.5) is 0 Å². The molecule has 0 nitrogen and oxygen atoms in total. The maximum absolute atomic E-state index is 2.39. The van der Waals surface area contributed by atoms with Crippen LogP contribution in [-0.4, -0.2) is 0 Å². The highest BCUT2D eigenvalue weighted by atomic mass is 14.3. The zero-order chi connectivity index (χ0) is 14.6. The van der Waals surface area contributed by atoms with E-state index in [4.69, 9.17) is 0 Å². The molecule has 0 bridgehead atoms. The fraction of sp³-hybridized carbons (Fsp3) is 0.400. The summed E-state index contributed by atoms with van der Waals surface area (Å²) in [4.78, 5) is 0. The molecule has 0 aliphatic heterocycles. The average molecular weight is 266 g/mol. The Bertz CT molecular complexity index is 486. The van der Waals surface area contributed by atoms with Gasteiger partial charge in [-0.25, -0.2) is 0 Å². The van der Waals surface area contributed by atoms with Crippen molar-refractivity contribution < 1.29 is 0 Å². The molecule has 0 amide bonds. The highest BCUT2D eigenvalue weighted by Crippen LogP contribution is 2.37. The molecular weight excluding hydrogens is 240 g/mol. The molecular formula is C20H26. The van der Waals surface area contributed by atoms with Gasteiger partial charge in [-0.2, -0.15) is 0 Å². The number of hydrogen-bond donors (Lipinski definition) is 0. The summed E-state index contributed by atoms with van der Waals surface area (Å²) in [6.07, 6.45) is 3.71. The first-order valence-corrected chi connectivity index (χ1v) is 7.70. The Hall–Kier alpha value is -1.56. The Balaban J connectivity index is 2.43. The van der Waals surface area contributed by atoms with E-state index in [1.54, 1.807) is 0 Å². The van der Waals surface area contributed by atoms with Gasteiger partial charge in [0.05, 0.1) is 0 Å². The van der Waals surface area contributed by atoms with Crippen LogP contribution in [0.15, 0.2) is 48.5 Å². The first-order chi connectivity index (χ1) is 9.56. The summed E-state index contributed by atoms with van der Waals surface area (Å²) >= 11 is 0. The predicted molar refractivity (Wildman–Crippen MR) is 88.3 cm³/mol. The molecule has 0 heteroatoms. The normalized spacial score (nSPS) is 11.6. The van der Waals surface area contributed by atoms with Gasteiger partial charge in [0.2, 0.25) is 0 Å². The van der Waals surface area contributed by atoms with Gasteiger partial charge in [0, 0.05) is 5.41 Å². The lowest BCUT2D eigenvalue weighted by atomic mass is 9.72. The van der Waals surface area contributed by atoms with Gasteiger partial charge in [-0.15, -0.1) is 0 Å². The van der Waals surface area contributed by atoms with Crippen LogP contribution in [0.25, 0.3) is 0 Å². The lowest BCUT2D eigenvalue weighted by molar-refractivity contribution is 0.493. The standard InChI is InChI=1S/C20H26/c1-5-6-15-20(4,18-11-7-16(2)8-12-18)19-13-9-17(3)10-14-19/h7-14H,5-6,15H2,1-4H3. The third-order valence-electron chi connectivity index (χ3n) is 4.41. The zero-order valence-corrected chi connectivity index (χ0v) is 13.2. The van der Waals surface area contributed by atoms with Crippen LogP contribution in [0.2, 0.25) is 0 Å². The topological polar surface area (TPSA) is 0 Å². The molecule has 0 spiro atoms. The molecule has 0 unspecified atom stereocenters. The van der Waals surface area contributed by atoms with Gasteiger partial charge in [-0.05, 0) is 31.4 Å². The van der Waals surface area contributed by atoms with Crippen LogP contribution in [0.5, 0.6) is 0 Å². The fourth-order valence-corrected chi connectivity index (χ4v) is 2.83. The van der Waals surface area contributed by atoms with Gasteiger partial charge in [-0.1, -0.05) is 86.3 Å². The molecule has 20 heavy (non-hydrogen) atoms. The Morgan fingerprint density at radius 2 is 1.15 bits per heavy atom.